The van der Waals surface area contributed by atoms with Gasteiger partial charge in [-0.2, -0.15) is 0 Å². The molecule has 0 radical (unpaired) electrons. The van der Waals surface area contributed by atoms with Crippen LogP contribution in [-0.2, 0) is 14.8 Å². The summed E-state index contributed by atoms with van der Waals surface area (Å²) in [6.07, 6.45) is 0. The van der Waals surface area contributed by atoms with Crippen molar-refractivity contribution in [3.8, 4) is 0 Å². The number of carbonyl (C=O) groups excluding carboxylic acids is 1. The summed E-state index contributed by atoms with van der Waals surface area (Å²) < 4.78 is 30.6. The molecular formula is C12H16ClNO4S. The predicted octanol–water partition coefficient (Wildman–Crippen LogP) is 2.09. The molecule has 0 fully saturated rings. The van der Waals surface area contributed by atoms with Gasteiger partial charge in [0.05, 0.1) is 18.4 Å². The number of nitrogens with one attached hydrogen (secondary N) is 1. The third kappa shape index (κ3) is 5.08. The molecule has 19 heavy (non-hydrogen) atoms. The van der Waals surface area contributed by atoms with Crippen molar-refractivity contribution in [2.75, 3.05) is 23.5 Å². The molecular weight excluding hydrogens is 290 g/mol. The van der Waals surface area contributed by atoms with E-state index >= 15 is 0 Å². The van der Waals surface area contributed by atoms with Crippen LogP contribution in [0.3, 0.4) is 0 Å². The lowest BCUT2D eigenvalue weighted by molar-refractivity contribution is 0.0601. The van der Waals surface area contributed by atoms with E-state index in [-0.39, 0.29) is 23.1 Å². The van der Waals surface area contributed by atoms with Gasteiger partial charge in [-0.15, -0.1) is 11.6 Å². The van der Waals surface area contributed by atoms with E-state index in [4.69, 9.17) is 11.6 Å². The zero-order valence-corrected chi connectivity index (χ0v) is 12.3. The van der Waals surface area contributed by atoms with Crippen molar-refractivity contribution in [1.29, 1.82) is 0 Å². The molecule has 0 heterocycles. The molecule has 0 aliphatic carbocycles. The number of ether oxygens (including phenoxy) is 1. The number of anilines is 1. The number of alkyl halides is 1. The summed E-state index contributed by atoms with van der Waals surface area (Å²) in [6.45, 7) is 1.75. The molecule has 1 rings (SSSR count). The van der Waals surface area contributed by atoms with Crippen LogP contribution in [0.4, 0.5) is 5.69 Å². The first-order chi connectivity index (χ1) is 8.88. The van der Waals surface area contributed by atoms with Crippen LogP contribution in [0.25, 0.3) is 0 Å². The van der Waals surface area contributed by atoms with Crippen molar-refractivity contribution in [3.05, 3.63) is 29.8 Å². The van der Waals surface area contributed by atoms with Crippen LogP contribution in [-0.4, -0.2) is 33.1 Å². The maximum atomic E-state index is 11.8. The molecule has 0 aromatic heterocycles. The van der Waals surface area contributed by atoms with Gasteiger partial charge in [-0.1, -0.05) is 13.0 Å². The number of sulfonamides is 1. The fourth-order valence-electron chi connectivity index (χ4n) is 1.47. The van der Waals surface area contributed by atoms with Crippen molar-refractivity contribution in [2.24, 2.45) is 5.92 Å². The summed E-state index contributed by atoms with van der Waals surface area (Å²) in [4.78, 5) is 11.3. The van der Waals surface area contributed by atoms with Crippen LogP contribution in [0.1, 0.15) is 17.3 Å². The van der Waals surface area contributed by atoms with E-state index in [1.54, 1.807) is 25.1 Å². The predicted molar refractivity (Wildman–Crippen MR) is 75.1 cm³/mol. The Morgan fingerprint density at radius 2 is 2.16 bits per heavy atom. The molecule has 1 unspecified atom stereocenters. The average Bonchev–Trinajstić information content (AvgIpc) is 2.36. The number of hydrogen-bond acceptors (Lipinski definition) is 4. The third-order valence-electron chi connectivity index (χ3n) is 2.32. The summed E-state index contributed by atoms with van der Waals surface area (Å²) >= 11 is 5.59. The van der Waals surface area contributed by atoms with Crippen LogP contribution in [0.5, 0.6) is 0 Å². The Kier molecular flexibility index (Phi) is 5.62. The van der Waals surface area contributed by atoms with Gasteiger partial charge in [-0.25, -0.2) is 13.2 Å². The van der Waals surface area contributed by atoms with Crippen molar-refractivity contribution in [1.82, 2.24) is 0 Å². The van der Waals surface area contributed by atoms with Gasteiger partial charge < -0.3 is 4.74 Å². The van der Waals surface area contributed by atoms with Crippen LogP contribution in [0, 0.1) is 5.92 Å². The third-order valence-corrected chi connectivity index (χ3v) is 4.41. The Balaban J connectivity index is 2.85. The average molecular weight is 306 g/mol. The molecule has 0 saturated carbocycles. The minimum absolute atomic E-state index is 0.0705. The molecule has 106 valence electrons. The SMILES string of the molecule is COC(=O)c1cccc(NS(=O)(=O)CC(C)CCl)c1. The van der Waals surface area contributed by atoms with E-state index in [1.165, 1.54) is 13.2 Å². The monoisotopic (exact) mass is 305 g/mol. The Hall–Kier alpha value is -1.27. The molecule has 0 aliphatic heterocycles. The van der Waals surface area contributed by atoms with E-state index in [9.17, 15) is 13.2 Å². The van der Waals surface area contributed by atoms with Crippen LogP contribution in [0.2, 0.25) is 0 Å². The van der Waals surface area contributed by atoms with E-state index < -0.39 is 16.0 Å². The highest BCUT2D eigenvalue weighted by Crippen LogP contribution is 2.14. The Morgan fingerprint density at radius 1 is 1.47 bits per heavy atom. The fourth-order valence-corrected chi connectivity index (χ4v) is 3.14. The van der Waals surface area contributed by atoms with Crippen LogP contribution < -0.4 is 4.72 Å². The number of benzene rings is 1. The number of methoxy groups -OCH3 is 1. The van der Waals surface area contributed by atoms with E-state index in [0.29, 0.717) is 5.69 Å². The van der Waals surface area contributed by atoms with Gasteiger partial charge in [-0.3, -0.25) is 4.72 Å². The second kappa shape index (κ2) is 6.77. The molecule has 0 amide bonds. The van der Waals surface area contributed by atoms with Gasteiger partial charge in [0.15, 0.2) is 0 Å². The topological polar surface area (TPSA) is 72.5 Å². The standard InChI is InChI=1S/C12H16ClNO4S/c1-9(7-13)8-19(16,17)14-11-5-3-4-10(6-11)12(15)18-2/h3-6,9,14H,7-8H2,1-2H3. The Morgan fingerprint density at radius 3 is 2.74 bits per heavy atom. The molecule has 7 heteroatoms. The smallest absolute Gasteiger partial charge is 0.337 e. The summed E-state index contributed by atoms with van der Waals surface area (Å²) in [5.74, 6) is -0.472. The number of esters is 1. The van der Waals surface area contributed by atoms with Crippen molar-refractivity contribution < 1.29 is 17.9 Å². The van der Waals surface area contributed by atoms with E-state index in [0.717, 1.165) is 0 Å². The quantitative estimate of drug-likeness (QED) is 0.645. The summed E-state index contributed by atoms with van der Waals surface area (Å²) in [5, 5.41) is 0. The summed E-state index contributed by atoms with van der Waals surface area (Å²) in [7, 11) is -2.22. The maximum Gasteiger partial charge on any atom is 0.337 e. The minimum Gasteiger partial charge on any atom is -0.465 e. The van der Waals surface area contributed by atoms with Crippen LogP contribution in [0.15, 0.2) is 24.3 Å². The first kappa shape index (κ1) is 15.8. The number of hydrogen-bond donors (Lipinski definition) is 1. The normalized spacial score (nSPS) is 12.8. The molecule has 1 aromatic carbocycles. The van der Waals surface area contributed by atoms with Crippen molar-refractivity contribution in [3.63, 3.8) is 0 Å². The first-order valence-electron chi connectivity index (χ1n) is 5.63. The number of rotatable bonds is 6. The van der Waals surface area contributed by atoms with Gasteiger partial charge in [-0.05, 0) is 24.1 Å². The minimum atomic E-state index is -3.48. The second-order valence-electron chi connectivity index (χ2n) is 4.22. The lowest BCUT2D eigenvalue weighted by Gasteiger charge is -2.11. The molecule has 0 saturated heterocycles. The largest absolute Gasteiger partial charge is 0.465 e. The van der Waals surface area contributed by atoms with Gasteiger partial charge in [0.2, 0.25) is 10.0 Å². The van der Waals surface area contributed by atoms with Gasteiger partial charge >= 0.3 is 5.97 Å². The Labute approximate surface area is 118 Å². The first-order valence-corrected chi connectivity index (χ1v) is 7.81. The van der Waals surface area contributed by atoms with Crippen molar-refractivity contribution in [2.45, 2.75) is 6.92 Å². The van der Waals surface area contributed by atoms with Crippen molar-refractivity contribution >= 4 is 33.3 Å². The van der Waals surface area contributed by atoms with Crippen LogP contribution >= 0.6 is 11.6 Å². The van der Waals surface area contributed by atoms with Gasteiger partial charge in [0.1, 0.15) is 0 Å². The maximum absolute atomic E-state index is 11.8. The highest BCUT2D eigenvalue weighted by molar-refractivity contribution is 7.92. The lowest BCUT2D eigenvalue weighted by Crippen LogP contribution is -2.22. The zero-order valence-electron chi connectivity index (χ0n) is 10.7. The summed E-state index contributed by atoms with van der Waals surface area (Å²) in [5.41, 5.74) is 0.609. The molecule has 1 atom stereocenters. The van der Waals surface area contributed by atoms with Gasteiger partial charge in [0.25, 0.3) is 0 Å². The highest BCUT2D eigenvalue weighted by Gasteiger charge is 2.16. The summed E-state index contributed by atoms with van der Waals surface area (Å²) in [6, 6.07) is 6.12. The van der Waals surface area contributed by atoms with E-state index in [2.05, 4.69) is 9.46 Å². The molecule has 0 bridgehead atoms. The van der Waals surface area contributed by atoms with Gasteiger partial charge in [0, 0.05) is 11.6 Å². The second-order valence-corrected chi connectivity index (χ2v) is 6.29. The Bertz CT molecular complexity index is 544. The number of carbonyl (C=O) groups is 1. The molecule has 0 spiro atoms. The molecule has 1 aromatic rings. The molecule has 0 aliphatic rings. The van der Waals surface area contributed by atoms with E-state index in [1.807, 2.05) is 0 Å². The molecule has 1 N–H and O–H groups in total. The fraction of sp³-hybridized carbons (Fsp3) is 0.417. The zero-order chi connectivity index (χ0) is 14.5. The molecule has 5 nitrogen and oxygen atoms in total. The highest BCUT2D eigenvalue weighted by atomic mass is 35.5. The number of halogens is 1. The lowest BCUT2D eigenvalue weighted by atomic mass is 10.2.